The van der Waals surface area contributed by atoms with Gasteiger partial charge in [0.2, 0.25) is 0 Å². The third kappa shape index (κ3) is 6.51. The Balaban J connectivity index is 2.01. The van der Waals surface area contributed by atoms with Crippen LogP contribution in [0.1, 0.15) is 61.4 Å². The number of nitrogens with zero attached hydrogens (tertiary/aromatic N) is 1. The average molecular weight is 467 g/mol. The monoisotopic (exact) mass is 466 g/mol. The molecule has 1 aromatic carbocycles. The second-order valence-corrected chi connectivity index (χ2v) is 9.17. The molecule has 0 aliphatic heterocycles. The highest BCUT2D eigenvalue weighted by atomic mass is 32.1. The van der Waals surface area contributed by atoms with Gasteiger partial charge in [0.1, 0.15) is 10.6 Å². The number of nitrogens with one attached hydrogen (secondary N) is 1. The van der Waals surface area contributed by atoms with Gasteiger partial charge in [-0.05, 0) is 69.4 Å². The van der Waals surface area contributed by atoms with E-state index in [0.29, 0.717) is 11.4 Å². The highest BCUT2D eigenvalue weighted by Gasteiger charge is 2.28. The number of hydroxylamine groups is 1. The molecule has 6 nitrogen and oxygen atoms in total. The molecule has 1 fully saturated rings. The zero-order chi connectivity index (χ0) is 23.3. The number of aliphatic hydroxyl groups is 1. The number of alkyl halides is 2. The Hall–Kier alpha value is -2.49. The number of benzene rings is 1. The standard InChI is InChI=1S/C23H28F2N2O4S/c1-4-14(9-10-27-29)11-17(20-13-26-21(32-20)23(2,3)28)15-5-8-18(31-22(24)25)19(12-15)30-16-6-7-16/h4-5,8-10,12-13,16-17,22,27-29H,6-7,11H2,1-3H3/b10-9-,14-4+. The van der Waals surface area contributed by atoms with E-state index in [9.17, 15) is 13.9 Å². The highest BCUT2D eigenvalue weighted by Crippen LogP contribution is 2.41. The molecule has 1 aromatic heterocycles. The molecule has 1 heterocycles. The quantitative estimate of drug-likeness (QED) is 0.301. The van der Waals surface area contributed by atoms with Gasteiger partial charge in [0.25, 0.3) is 0 Å². The topological polar surface area (TPSA) is 83.8 Å². The maximum atomic E-state index is 12.9. The number of hydrogen-bond acceptors (Lipinski definition) is 7. The lowest BCUT2D eigenvalue weighted by Gasteiger charge is -2.20. The Morgan fingerprint density at radius 1 is 1.34 bits per heavy atom. The van der Waals surface area contributed by atoms with Crippen molar-refractivity contribution in [3.8, 4) is 11.5 Å². The molecule has 2 aromatic rings. The largest absolute Gasteiger partial charge is 0.487 e. The van der Waals surface area contributed by atoms with Crippen molar-refractivity contribution in [2.75, 3.05) is 0 Å². The first kappa shape index (κ1) is 24.2. The van der Waals surface area contributed by atoms with Crippen LogP contribution in [0.4, 0.5) is 8.78 Å². The smallest absolute Gasteiger partial charge is 0.387 e. The minimum absolute atomic E-state index is 0.00604. The first-order valence-corrected chi connectivity index (χ1v) is 11.2. The summed E-state index contributed by atoms with van der Waals surface area (Å²) < 4.78 is 36.3. The summed E-state index contributed by atoms with van der Waals surface area (Å²) in [4.78, 5) is 5.30. The van der Waals surface area contributed by atoms with Crippen LogP contribution in [0.5, 0.6) is 11.5 Å². The van der Waals surface area contributed by atoms with Crippen molar-refractivity contribution >= 4 is 11.3 Å². The van der Waals surface area contributed by atoms with E-state index in [1.165, 1.54) is 23.6 Å². The van der Waals surface area contributed by atoms with Gasteiger partial charge in [0, 0.05) is 23.2 Å². The number of hydrogen-bond donors (Lipinski definition) is 3. The van der Waals surface area contributed by atoms with E-state index in [2.05, 4.69) is 9.72 Å². The molecule has 9 heteroatoms. The minimum Gasteiger partial charge on any atom is -0.487 e. The highest BCUT2D eigenvalue weighted by molar-refractivity contribution is 7.11. The predicted molar refractivity (Wildman–Crippen MR) is 118 cm³/mol. The van der Waals surface area contributed by atoms with E-state index >= 15 is 0 Å². The second-order valence-electron chi connectivity index (χ2n) is 8.11. The van der Waals surface area contributed by atoms with Gasteiger partial charge in [0.05, 0.1) is 6.10 Å². The molecule has 0 saturated heterocycles. The van der Waals surface area contributed by atoms with Crippen LogP contribution in [0.3, 0.4) is 0 Å². The van der Waals surface area contributed by atoms with E-state index in [-0.39, 0.29) is 23.5 Å². The van der Waals surface area contributed by atoms with Gasteiger partial charge >= 0.3 is 6.61 Å². The number of allylic oxidation sites excluding steroid dienone is 3. The molecule has 0 radical (unpaired) electrons. The number of aromatic nitrogens is 1. The van der Waals surface area contributed by atoms with Gasteiger partial charge in [-0.1, -0.05) is 12.1 Å². The van der Waals surface area contributed by atoms with E-state index in [4.69, 9.17) is 9.94 Å². The first-order valence-electron chi connectivity index (χ1n) is 10.4. The van der Waals surface area contributed by atoms with E-state index in [1.807, 2.05) is 18.5 Å². The van der Waals surface area contributed by atoms with Gasteiger partial charge in [-0.3, -0.25) is 10.7 Å². The van der Waals surface area contributed by atoms with E-state index in [0.717, 1.165) is 28.9 Å². The Bertz CT molecular complexity index is 965. The minimum atomic E-state index is -2.94. The number of thiazole rings is 1. The Morgan fingerprint density at radius 2 is 2.09 bits per heavy atom. The summed E-state index contributed by atoms with van der Waals surface area (Å²) in [6, 6.07) is 4.99. The van der Waals surface area contributed by atoms with Crippen LogP contribution in [-0.4, -0.2) is 28.0 Å². The predicted octanol–water partition coefficient (Wildman–Crippen LogP) is 5.47. The molecule has 1 aliphatic carbocycles. The van der Waals surface area contributed by atoms with Crippen molar-refractivity contribution in [1.82, 2.24) is 10.5 Å². The van der Waals surface area contributed by atoms with Gasteiger partial charge in [0.15, 0.2) is 11.5 Å². The van der Waals surface area contributed by atoms with Crippen LogP contribution in [0.25, 0.3) is 0 Å². The Labute approximate surface area is 190 Å². The fourth-order valence-corrected chi connectivity index (χ4v) is 4.21. The Morgan fingerprint density at radius 3 is 2.66 bits per heavy atom. The molecule has 0 amide bonds. The molecule has 32 heavy (non-hydrogen) atoms. The molecule has 1 saturated carbocycles. The van der Waals surface area contributed by atoms with E-state index < -0.39 is 12.2 Å². The molecule has 174 valence electrons. The lowest BCUT2D eigenvalue weighted by atomic mass is 9.90. The second kappa shape index (κ2) is 10.4. The SMILES string of the molecule is C/C=C(\C=C/NO)CC(c1ccc(OC(F)F)c(OC2CC2)c1)c1cnc(C(C)(C)O)s1. The van der Waals surface area contributed by atoms with E-state index in [1.54, 1.807) is 38.3 Å². The van der Waals surface area contributed by atoms with Crippen LogP contribution >= 0.6 is 11.3 Å². The van der Waals surface area contributed by atoms with Crippen LogP contribution in [0, 0.1) is 0 Å². The molecular weight excluding hydrogens is 438 g/mol. The summed E-state index contributed by atoms with van der Waals surface area (Å²) in [6.07, 6.45) is 9.16. The summed E-state index contributed by atoms with van der Waals surface area (Å²) in [5.74, 6) is 0.115. The van der Waals surface area contributed by atoms with Crippen molar-refractivity contribution in [2.24, 2.45) is 0 Å². The van der Waals surface area contributed by atoms with Gasteiger partial charge in [-0.2, -0.15) is 8.78 Å². The Kier molecular flexibility index (Phi) is 7.86. The van der Waals surface area contributed by atoms with Crippen molar-refractivity contribution < 1.29 is 28.6 Å². The van der Waals surface area contributed by atoms with Crippen molar-refractivity contribution in [1.29, 1.82) is 0 Å². The fraction of sp³-hybridized carbons (Fsp3) is 0.435. The zero-order valence-electron chi connectivity index (χ0n) is 18.2. The summed E-state index contributed by atoms with van der Waals surface area (Å²) in [5, 5.41) is 19.8. The molecule has 1 atom stereocenters. The molecule has 1 unspecified atom stereocenters. The normalized spacial score (nSPS) is 15.9. The van der Waals surface area contributed by atoms with Gasteiger partial charge in [-0.15, -0.1) is 11.3 Å². The average Bonchev–Trinajstić information content (AvgIpc) is 3.40. The molecule has 1 aliphatic rings. The first-order chi connectivity index (χ1) is 15.2. The maximum absolute atomic E-state index is 12.9. The van der Waals surface area contributed by atoms with Crippen LogP contribution < -0.4 is 15.0 Å². The van der Waals surface area contributed by atoms with Crippen molar-refractivity contribution in [3.63, 3.8) is 0 Å². The molecule has 3 N–H and O–H groups in total. The molecule has 3 rings (SSSR count). The number of ether oxygens (including phenoxy) is 2. The van der Waals surface area contributed by atoms with Crippen LogP contribution in [-0.2, 0) is 5.60 Å². The zero-order valence-corrected chi connectivity index (χ0v) is 19.0. The third-order valence-corrected chi connectivity index (χ3v) is 6.40. The molecule has 0 spiro atoms. The number of rotatable bonds is 11. The lowest BCUT2D eigenvalue weighted by molar-refractivity contribution is -0.0516. The summed E-state index contributed by atoms with van der Waals surface area (Å²) >= 11 is 1.40. The fourth-order valence-electron chi connectivity index (χ4n) is 3.17. The molecule has 0 bridgehead atoms. The maximum Gasteiger partial charge on any atom is 0.387 e. The molecular formula is C23H28F2N2O4S. The van der Waals surface area contributed by atoms with Crippen LogP contribution in [0.15, 0.2) is 48.3 Å². The number of halogens is 2. The van der Waals surface area contributed by atoms with Crippen LogP contribution in [0.2, 0.25) is 0 Å². The van der Waals surface area contributed by atoms with Gasteiger partial charge in [-0.25, -0.2) is 4.98 Å². The summed E-state index contributed by atoms with van der Waals surface area (Å²) in [5.41, 5.74) is 2.71. The summed E-state index contributed by atoms with van der Waals surface area (Å²) in [7, 11) is 0. The summed E-state index contributed by atoms with van der Waals surface area (Å²) in [6.45, 7) is 2.30. The third-order valence-electron chi connectivity index (χ3n) is 4.98. The van der Waals surface area contributed by atoms with Crippen molar-refractivity contribution in [2.45, 2.75) is 64.3 Å². The lowest BCUT2D eigenvalue weighted by Crippen LogP contribution is -2.14. The van der Waals surface area contributed by atoms with Crippen molar-refractivity contribution in [3.05, 3.63) is 63.8 Å². The van der Waals surface area contributed by atoms with Gasteiger partial charge < -0.3 is 14.6 Å².